The van der Waals surface area contributed by atoms with Gasteiger partial charge in [0.1, 0.15) is 0 Å². The normalized spacial score (nSPS) is 9.81. The third-order valence-corrected chi connectivity index (χ3v) is 1.79. The summed E-state index contributed by atoms with van der Waals surface area (Å²) in [5.74, 6) is -2.62. The van der Waals surface area contributed by atoms with Crippen molar-refractivity contribution in [1.82, 2.24) is 15.3 Å². The summed E-state index contributed by atoms with van der Waals surface area (Å²) in [4.78, 5) is 28.6. The second kappa shape index (κ2) is 4.62. The van der Waals surface area contributed by atoms with Crippen LogP contribution in [-0.2, 0) is 4.79 Å². The third-order valence-electron chi connectivity index (χ3n) is 1.51. The van der Waals surface area contributed by atoms with E-state index in [1.807, 2.05) is 5.32 Å². The third kappa shape index (κ3) is 2.70. The molecule has 0 aliphatic rings. The molecule has 0 aliphatic carbocycles. The van der Waals surface area contributed by atoms with E-state index in [-0.39, 0.29) is 22.5 Å². The first-order valence-electron chi connectivity index (χ1n) is 3.98. The summed E-state index contributed by atoms with van der Waals surface area (Å²) in [6.07, 6.45) is 0. The van der Waals surface area contributed by atoms with Gasteiger partial charge in [-0.1, -0.05) is 11.6 Å². The molecular formula is C7H7ClN5O3-. The van der Waals surface area contributed by atoms with Gasteiger partial charge in [0, 0.05) is 0 Å². The van der Waals surface area contributed by atoms with Gasteiger partial charge in [0.05, 0.1) is 12.5 Å². The van der Waals surface area contributed by atoms with Gasteiger partial charge in [-0.25, -0.2) is 9.97 Å². The Bertz CT molecular complexity index is 450. The Morgan fingerprint density at radius 1 is 1.31 bits per heavy atom. The number of amides is 1. The van der Waals surface area contributed by atoms with Crippen LogP contribution in [0.4, 0.5) is 11.6 Å². The van der Waals surface area contributed by atoms with Crippen molar-refractivity contribution in [3.05, 3.63) is 10.8 Å². The maximum absolute atomic E-state index is 11.3. The zero-order valence-electron chi connectivity index (χ0n) is 7.86. The summed E-state index contributed by atoms with van der Waals surface area (Å²) < 4.78 is 0. The van der Waals surface area contributed by atoms with Gasteiger partial charge in [-0.15, -0.1) is 0 Å². The molecule has 1 aromatic rings. The number of carbonyl (C=O) groups excluding carboxylic acids is 2. The molecule has 0 radical (unpaired) electrons. The van der Waals surface area contributed by atoms with Crippen molar-refractivity contribution in [3.8, 4) is 0 Å². The Morgan fingerprint density at radius 3 is 2.50 bits per heavy atom. The van der Waals surface area contributed by atoms with Gasteiger partial charge in [-0.2, -0.15) is 0 Å². The first-order valence-corrected chi connectivity index (χ1v) is 4.36. The molecule has 86 valence electrons. The van der Waals surface area contributed by atoms with Crippen LogP contribution in [0.1, 0.15) is 10.5 Å². The van der Waals surface area contributed by atoms with E-state index in [0.29, 0.717) is 0 Å². The monoisotopic (exact) mass is 244 g/mol. The highest BCUT2D eigenvalue weighted by molar-refractivity contribution is 6.31. The molecule has 8 nitrogen and oxygen atoms in total. The molecule has 1 aromatic heterocycles. The zero-order chi connectivity index (χ0) is 12.3. The zero-order valence-corrected chi connectivity index (χ0v) is 8.61. The molecule has 0 bridgehead atoms. The van der Waals surface area contributed by atoms with Crippen LogP contribution in [0.5, 0.6) is 0 Å². The second-order valence-corrected chi connectivity index (χ2v) is 3.05. The fourth-order valence-electron chi connectivity index (χ4n) is 0.845. The minimum absolute atomic E-state index is 0.115. The lowest BCUT2D eigenvalue weighted by molar-refractivity contribution is -0.303. The summed E-state index contributed by atoms with van der Waals surface area (Å²) in [5.41, 5.74) is 10.4. The van der Waals surface area contributed by atoms with Gasteiger partial charge in [0.15, 0.2) is 22.5 Å². The number of hydrogen-bond donors (Lipinski definition) is 3. The van der Waals surface area contributed by atoms with Crippen LogP contribution in [0.25, 0.3) is 0 Å². The SMILES string of the molecule is Nc1nc(N)c(C(=O)NCC(=O)[O-])nc1Cl. The molecule has 5 N–H and O–H groups in total. The van der Waals surface area contributed by atoms with Crippen LogP contribution < -0.4 is 21.9 Å². The summed E-state index contributed by atoms with van der Waals surface area (Å²) in [5, 5.41) is 11.9. The van der Waals surface area contributed by atoms with Crippen molar-refractivity contribution >= 4 is 35.1 Å². The van der Waals surface area contributed by atoms with Crippen LogP contribution in [0.2, 0.25) is 5.15 Å². The van der Waals surface area contributed by atoms with E-state index in [0.717, 1.165) is 0 Å². The first kappa shape index (κ1) is 12.0. The molecule has 0 fully saturated rings. The van der Waals surface area contributed by atoms with Crippen LogP contribution in [0, 0.1) is 0 Å². The van der Waals surface area contributed by atoms with Crippen molar-refractivity contribution in [3.63, 3.8) is 0 Å². The Morgan fingerprint density at radius 2 is 1.94 bits per heavy atom. The van der Waals surface area contributed by atoms with E-state index in [9.17, 15) is 14.7 Å². The standard InChI is InChI=1S/C7H8ClN5O3/c8-4-6(10)13-5(9)3(12-4)7(16)11-1-2(14)15/h1H2,(H,11,16)(H,14,15)(H4,9,10,13)/p-1. The minimum Gasteiger partial charge on any atom is -0.548 e. The molecule has 1 heterocycles. The highest BCUT2D eigenvalue weighted by atomic mass is 35.5. The number of nitrogen functional groups attached to an aromatic ring is 2. The highest BCUT2D eigenvalue weighted by Gasteiger charge is 2.15. The quantitative estimate of drug-likeness (QED) is 0.545. The van der Waals surface area contributed by atoms with Gasteiger partial charge in [-0.05, 0) is 0 Å². The van der Waals surface area contributed by atoms with Crippen molar-refractivity contribution in [1.29, 1.82) is 0 Å². The second-order valence-electron chi connectivity index (χ2n) is 2.69. The molecule has 0 aliphatic heterocycles. The van der Waals surface area contributed by atoms with Crippen molar-refractivity contribution in [2.45, 2.75) is 0 Å². The first-order chi connectivity index (χ1) is 7.41. The van der Waals surface area contributed by atoms with Crippen molar-refractivity contribution in [2.75, 3.05) is 18.0 Å². The smallest absolute Gasteiger partial charge is 0.274 e. The van der Waals surface area contributed by atoms with Gasteiger partial charge < -0.3 is 26.7 Å². The number of aliphatic carboxylic acids is 1. The molecule has 1 amide bonds. The van der Waals surface area contributed by atoms with E-state index in [4.69, 9.17) is 23.1 Å². The predicted octanol–water partition coefficient (Wildman–Crippen LogP) is -2.23. The molecule has 0 spiro atoms. The largest absolute Gasteiger partial charge is 0.548 e. The fourth-order valence-corrected chi connectivity index (χ4v) is 0.972. The molecule has 16 heavy (non-hydrogen) atoms. The van der Waals surface area contributed by atoms with Crippen molar-refractivity contribution in [2.24, 2.45) is 0 Å². The number of carboxylic acid groups (broad SMARTS) is 1. The van der Waals surface area contributed by atoms with E-state index >= 15 is 0 Å². The van der Waals surface area contributed by atoms with Crippen LogP contribution in [0.15, 0.2) is 0 Å². The average Bonchev–Trinajstić information content (AvgIpc) is 2.20. The van der Waals surface area contributed by atoms with Gasteiger partial charge in [0.2, 0.25) is 0 Å². The molecular weight excluding hydrogens is 238 g/mol. The number of nitrogens with two attached hydrogens (primary N) is 2. The molecule has 0 saturated carbocycles. The predicted molar refractivity (Wildman–Crippen MR) is 53.2 cm³/mol. The lowest BCUT2D eigenvalue weighted by atomic mass is 10.3. The number of anilines is 2. The van der Waals surface area contributed by atoms with Gasteiger partial charge in [-0.3, -0.25) is 4.79 Å². The molecule has 9 heteroatoms. The fraction of sp³-hybridized carbons (Fsp3) is 0.143. The van der Waals surface area contributed by atoms with Crippen LogP contribution in [-0.4, -0.2) is 28.4 Å². The lowest BCUT2D eigenvalue weighted by Crippen LogP contribution is -2.38. The van der Waals surface area contributed by atoms with E-state index in [2.05, 4.69) is 9.97 Å². The maximum atomic E-state index is 11.3. The Balaban J connectivity index is 2.91. The topological polar surface area (TPSA) is 147 Å². The molecule has 0 aromatic carbocycles. The van der Waals surface area contributed by atoms with E-state index < -0.39 is 18.4 Å². The summed E-state index contributed by atoms with van der Waals surface area (Å²) >= 11 is 5.53. The molecule has 0 unspecified atom stereocenters. The number of halogens is 1. The highest BCUT2D eigenvalue weighted by Crippen LogP contribution is 2.16. The maximum Gasteiger partial charge on any atom is 0.274 e. The number of nitrogens with zero attached hydrogens (tertiary/aromatic N) is 2. The number of hydrogen-bond acceptors (Lipinski definition) is 7. The van der Waals surface area contributed by atoms with E-state index in [1.165, 1.54) is 0 Å². The lowest BCUT2D eigenvalue weighted by Gasteiger charge is -2.07. The minimum atomic E-state index is -1.44. The van der Waals surface area contributed by atoms with Gasteiger partial charge in [0.25, 0.3) is 5.91 Å². The average molecular weight is 245 g/mol. The van der Waals surface area contributed by atoms with Crippen LogP contribution >= 0.6 is 11.6 Å². The Labute approximate surface area is 94.6 Å². The number of aromatic nitrogens is 2. The summed E-state index contributed by atoms with van der Waals surface area (Å²) in [6.45, 7) is -0.665. The van der Waals surface area contributed by atoms with E-state index in [1.54, 1.807) is 0 Å². The Hall–Kier alpha value is -2.09. The molecule has 0 atom stereocenters. The summed E-state index contributed by atoms with van der Waals surface area (Å²) in [7, 11) is 0. The van der Waals surface area contributed by atoms with Crippen molar-refractivity contribution < 1.29 is 14.7 Å². The number of carboxylic acids is 1. The molecule has 0 saturated heterocycles. The van der Waals surface area contributed by atoms with Crippen LogP contribution in [0.3, 0.4) is 0 Å². The summed E-state index contributed by atoms with van der Waals surface area (Å²) in [6, 6.07) is 0. The molecule has 1 rings (SSSR count). The number of rotatable bonds is 3. The Kier molecular flexibility index (Phi) is 3.46. The van der Waals surface area contributed by atoms with Gasteiger partial charge >= 0.3 is 0 Å². The number of nitrogens with one attached hydrogen (secondary N) is 1. The number of carbonyl (C=O) groups is 2.